The van der Waals surface area contributed by atoms with E-state index in [1.165, 1.54) is 26.4 Å². The minimum Gasteiger partial charge on any atom is -0.497 e. The van der Waals surface area contributed by atoms with E-state index in [1.54, 1.807) is 18.2 Å². The van der Waals surface area contributed by atoms with E-state index in [9.17, 15) is 18.4 Å². The van der Waals surface area contributed by atoms with Gasteiger partial charge < -0.3 is 19.5 Å². The van der Waals surface area contributed by atoms with Crippen molar-refractivity contribution in [2.75, 3.05) is 20.8 Å². The number of methoxy groups -OCH3 is 2. The van der Waals surface area contributed by atoms with E-state index in [0.29, 0.717) is 17.1 Å². The standard InChI is InChI=1S/C19H19F2NO5/c1-26-14-6-12(7-15(9-14)27-2)10-22(11-18(24)25)17(23)8-13-4-3-5-16(20)19(13)21/h3-7,9H,8,10-11H2,1-2H3,(H,24,25). The Hall–Kier alpha value is -3.16. The average molecular weight is 379 g/mol. The molecule has 2 rings (SSSR count). The van der Waals surface area contributed by atoms with Crippen molar-refractivity contribution in [3.8, 4) is 11.5 Å². The Labute approximate surface area is 154 Å². The van der Waals surface area contributed by atoms with Crippen LogP contribution in [0.2, 0.25) is 0 Å². The molecular weight excluding hydrogens is 360 g/mol. The van der Waals surface area contributed by atoms with E-state index in [0.717, 1.165) is 11.0 Å². The van der Waals surface area contributed by atoms with Crippen molar-refractivity contribution < 1.29 is 33.0 Å². The lowest BCUT2D eigenvalue weighted by Crippen LogP contribution is -2.36. The van der Waals surface area contributed by atoms with Gasteiger partial charge in [-0.05, 0) is 23.8 Å². The Morgan fingerprint density at radius 3 is 2.26 bits per heavy atom. The van der Waals surface area contributed by atoms with Crippen LogP contribution < -0.4 is 9.47 Å². The average Bonchev–Trinajstić information content (AvgIpc) is 2.64. The van der Waals surface area contributed by atoms with Crippen LogP contribution in [0, 0.1) is 11.6 Å². The van der Waals surface area contributed by atoms with Gasteiger partial charge >= 0.3 is 5.97 Å². The number of nitrogens with zero attached hydrogens (tertiary/aromatic N) is 1. The highest BCUT2D eigenvalue weighted by Crippen LogP contribution is 2.24. The number of benzene rings is 2. The highest BCUT2D eigenvalue weighted by Gasteiger charge is 2.20. The molecule has 1 N–H and O–H groups in total. The molecule has 1 amide bonds. The van der Waals surface area contributed by atoms with Gasteiger partial charge in [-0.2, -0.15) is 0 Å². The molecule has 0 aliphatic heterocycles. The van der Waals surface area contributed by atoms with Gasteiger partial charge in [0.25, 0.3) is 0 Å². The Morgan fingerprint density at radius 2 is 1.70 bits per heavy atom. The first-order chi connectivity index (χ1) is 12.8. The molecule has 8 heteroatoms. The van der Waals surface area contributed by atoms with Crippen molar-refractivity contribution in [2.24, 2.45) is 0 Å². The zero-order chi connectivity index (χ0) is 20.0. The van der Waals surface area contributed by atoms with Gasteiger partial charge in [0.05, 0.1) is 20.6 Å². The van der Waals surface area contributed by atoms with Crippen LogP contribution in [0.5, 0.6) is 11.5 Å². The Bertz CT molecular complexity index is 819. The molecule has 0 spiro atoms. The predicted octanol–water partition coefficient (Wildman–Crippen LogP) is 2.64. The van der Waals surface area contributed by atoms with Gasteiger partial charge in [0.2, 0.25) is 5.91 Å². The first kappa shape index (κ1) is 20.2. The molecule has 0 radical (unpaired) electrons. The monoisotopic (exact) mass is 379 g/mol. The van der Waals surface area contributed by atoms with Crippen LogP contribution in [0.1, 0.15) is 11.1 Å². The molecule has 27 heavy (non-hydrogen) atoms. The largest absolute Gasteiger partial charge is 0.497 e. The number of rotatable bonds is 8. The minimum absolute atomic E-state index is 0.0599. The summed E-state index contributed by atoms with van der Waals surface area (Å²) in [5.41, 5.74) is 0.430. The van der Waals surface area contributed by atoms with E-state index >= 15 is 0 Å². The fourth-order valence-corrected chi connectivity index (χ4v) is 2.53. The maximum atomic E-state index is 13.8. The van der Waals surface area contributed by atoms with Crippen LogP contribution >= 0.6 is 0 Å². The summed E-state index contributed by atoms with van der Waals surface area (Å²) < 4.78 is 37.5. The highest BCUT2D eigenvalue weighted by molar-refractivity contribution is 5.83. The Balaban J connectivity index is 2.25. The van der Waals surface area contributed by atoms with E-state index < -0.39 is 36.5 Å². The lowest BCUT2D eigenvalue weighted by Gasteiger charge is -2.22. The zero-order valence-corrected chi connectivity index (χ0v) is 14.9. The molecule has 0 bridgehead atoms. The summed E-state index contributed by atoms with van der Waals surface area (Å²) in [5.74, 6) is -3.11. The topological polar surface area (TPSA) is 76.1 Å². The smallest absolute Gasteiger partial charge is 0.323 e. The summed E-state index contributed by atoms with van der Waals surface area (Å²) in [4.78, 5) is 24.7. The fraction of sp³-hybridized carbons (Fsp3) is 0.263. The van der Waals surface area contributed by atoms with Crippen LogP contribution in [-0.4, -0.2) is 42.6 Å². The molecule has 2 aromatic carbocycles. The second-order valence-corrected chi connectivity index (χ2v) is 5.75. The summed E-state index contributed by atoms with van der Waals surface area (Å²) in [5, 5.41) is 9.10. The van der Waals surface area contributed by atoms with Crippen molar-refractivity contribution in [3.63, 3.8) is 0 Å². The molecule has 0 saturated carbocycles. The molecule has 0 aliphatic rings. The van der Waals surface area contributed by atoms with Crippen molar-refractivity contribution in [2.45, 2.75) is 13.0 Å². The molecule has 0 aromatic heterocycles. The van der Waals surface area contributed by atoms with Crippen molar-refractivity contribution in [3.05, 3.63) is 59.2 Å². The Kier molecular flexibility index (Phi) is 6.70. The number of halogens is 2. The van der Waals surface area contributed by atoms with Crippen molar-refractivity contribution >= 4 is 11.9 Å². The molecular formula is C19H19F2NO5. The second kappa shape index (κ2) is 8.98. The van der Waals surface area contributed by atoms with Crippen LogP contribution in [-0.2, 0) is 22.6 Å². The van der Waals surface area contributed by atoms with Crippen LogP contribution in [0.3, 0.4) is 0 Å². The van der Waals surface area contributed by atoms with E-state index in [2.05, 4.69) is 0 Å². The van der Waals surface area contributed by atoms with Crippen molar-refractivity contribution in [1.82, 2.24) is 4.90 Å². The highest BCUT2D eigenvalue weighted by atomic mass is 19.2. The summed E-state index contributed by atoms with van der Waals surface area (Å²) >= 11 is 0. The second-order valence-electron chi connectivity index (χ2n) is 5.75. The molecule has 0 unspecified atom stereocenters. The van der Waals surface area contributed by atoms with E-state index in [-0.39, 0.29) is 12.1 Å². The fourth-order valence-electron chi connectivity index (χ4n) is 2.53. The summed E-state index contributed by atoms with van der Waals surface area (Å²) in [7, 11) is 2.93. The van der Waals surface area contributed by atoms with Gasteiger partial charge in [0.15, 0.2) is 11.6 Å². The summed E-state index contributed by atoms with van der Waals surface area (Å²) in [6, 6.07) is 8.41. The van der Waals surface area contributed by atoms with E-state index in [4.69, 9.17) is 14.6 Å². The van der Waals surface area contributed by atoms with E-state index in [1.807, 2.05) is 0 Å². The minimum atomic E-state index is -1.22. The first-order valence-electron chi connectivity index (χ1n) is 7.98. The molecule has 6 nitrogen and oxygen atoms in total. The molecule has 0 fully saturated rings. The van der Waals surface area contributed by atoms with Crippen molar-refractivity contribution in [1.29, 1.82) is 0 Å². The number of hydrogen-bond acceptors (Lipinski definition) is 4. The number of aliphatic carboxylic acids is 1. The summed E-state index contributed by atoms with van der Waals surface area (Å²) in [6.07, 6.45) is -0.460. The van der Waals surface area contributed by atoms with Crippen LogP contribution in [0.25, 0.3) is 0 Å². The number of hydrogen-bond donors (Lipinski definition) is 1. The third kappa shape index (κ3) is 5.40. The quantitative estimate of drug-likeness (QED) is 0.763. The van der Waals surface area contributed by atoms with Crippen LogP contribution in [0.15, 0.2) is 36.4 Å². The van der Waals surface area contributed by atoms with Gasteiger partial charge in [0, 0.05) is 18.2 Å². The summed E-state index contributed by atoms with van der Waals surface area (Å²) in [6.45, 7) is -0.648. The molecule has 0 heterocycles. The normalized spacial score (nSPS) is 10.4. The molecule has 0 saturated heterocycles. The molecule has 144 valence electrons. The maximum Gasteiger partial charge on any atom is 0.323 e. The van der Waals surface area contributed by atoms with Gasteiger partial charge in [-0.3, -0.25) is 9.59 Å². The lowest BCUT2D eigenvalue weighted by atomic mass is 10.1. The number of amides is 1. The maximum absolute atomic E-state index is 13.8. The number of carbonyl (C=O) groups is 2. The SMILES string of the molecule is COc1cc(CN(CC(=O)O)C(=O)Cc2cccc(F)c2F)cc(OC)c1. The molecule has 0 atom stereocenters. The number of carboxylic acid groups (broad SMARTS) is 1. The van der Waals surface area contributed by atoms with Gasteiger partial charge in [-0.15, -0.1) is 0 Å². The third-order valence-corrected chi connectivity index (χ3v) is 3.84. The number of carbonyl (C=O) groups excluding carboxylic acids is 1. The van der Waals surface area contributed by atoms with Crippen LogP contribution in [0.4, 0.5) is 8.78 Å². The Morgan fingerprint density at radius 1 is 1.07 bits per heavy atom. The first-order valence-corrected chi connectivity index (χ1v) is 7.98. The molecule has 2 aromatic rings. The van der Waals surface area contributed by atoms with Gasteiger partial charge in [-0.25, -0.2) is 8.78 Å². The predicted molar refractivity (Wildman–Crippen MR) is 92.7 cm³/mol. The van der Waals surface area contributed by atoms with Gasteiger partial charge in [0.1, 0.15) is 18.0 Å². The zero-order valence-electron chi connectivity index (χ0n) is 14.9. The van der Waals surface area contributed by atoms with Gasteiger partial charge in [-0.1, -0.05) is 12.1 Å². The number of carboxylic acids is 1. The lowest BCUT2D eigenvalue weighted by molar-refractivity contribution is -0.144. The molecule has 0 aliphatic carbocycles. The number of ether oxygens (including phenoxy) is 2. The third-order valence-electron chi connectivity index (χ3n) is 3.84.